The molecule has 0 aromatic carbocycles. The molecule has 0 N–H and O–H groups in total. The van der Waals surface area contributed by atoms with Crippen LogP contribution in [0.15, 0.2) is 0 Å². The number of hydrogen-bond donors (Lipinski definition) is 0. The van der Waals surface area contributed by atoms with Crippen molar-refractivity contribution in [1.29, 1.82) is 0 Å². The highest BCUT2D eigenvalue weighted by Crippen LogP contribution is 2.47. The van der Waals surface area contributed by atoms with Gasteiger partial charge in [0.2, 0.25) is 0 Å². The predicted octanol–water partition coefficient (Wildman–Crippen LogP) is 6.06. The van der Waals surface area contributed by atoms with Gasteiger partial charge < -0.3 is 0 Å². The van der Waals surface area contributed by atoms with Gasteiger partial charge in [0.15, 0.2) is 0 Å². The molecule has 102 valence electrons. The summed E-state index contributed by atoms with van der Waals surface area (Å²) in [7, 11) is 0. The molecule has 0 spiro atoms. The van der Waals surface area contributed by atoms with Gasteiger partial charge in [-0.3, -0.25) is 0 Å². The molecule has 3 atom stereocenters. The average molecular weight is 238 g/mol. The lowest BCUT2D eigenvalue weighted by Crippen LogP contribution is -2.31. The third-order valence-corrected chi connectivity index (χ3v) is 5.78. The zero-order chi connectivity index (χ0) is 12.9. The van der Waals surface area contributed by atoms with E-state index >= 15 is 0 Å². The number of hydrogen-bond acceptors (Lipinski definition) is 0. The maximum Gasteiger partial charge on any atom is -0.0274 e. The van der Waals surface area contributed by atoms with Crippen LogP contribution in [0.5, 0.6) is 0 Å². The molecule has 1 saturated carbocycles. The van der Waals surface area contributed by atoms with E-state index in [0.29, 0.717) is 5.41 Å². The summed E-state index contributed by atoms with van der Waals surface area (Å²) < 4.78 is 0. The minimum atomic E-state index is 0.703. The zero-order valence-corrected chi connectivity index (χ0v) is 12.9. The molecule has 0 heteroatoms. The molecule has 0 aromatic heterocycles. The molecule has 17 heavy (non-hydrogen) atoms. The molecule has 1 fully saturated rings. The summed E-state index contributed by atoms with van der Waals surface area (Å²) >= 11 is 0. The highest BCUT2D eigenvalue weighted by atomic mass is 14.4. The van der Waals surface area contributed by atoms with E-state index < -0.39 is 0 Å². The van der Waals surface area contributed by atoms with Gasteiger partial charge in [-0.15, -0.1) is 0 Å². The molecular formula is C17H34. The van der Waals surface area contributed by atoms with Crippen molar-refractivity contribution in [1.82, 2.24) is 0 Å². The molecule has 0 aliphatic heterocycles. The van der Waals surface area contributed by atoms with Gasteiger partial charge in [-0.1, -0.05) is 73.1 Å². The Labute approximate surface area is 110 Å². The third-order valence-electron chi connectivity index (χ3n) is 5.78. The lowest BCUT2D eigenvalue weighted by molar-refractivity contribution is 0.0839. The first-order valence-electron chi connectivity index (χ1n) is 8.02. The minimum absolute atomic E-state index is 0.703. The Balaban J connectivity index is 2.41. The summed E-state index contributed by atoms with van der Waals surface area (Å²) in [6.45, 7) is 12.1. The van der Waals surface area contributed by atoms with Crippen LogP contribution in [0, 0.1) is 23.2 Å². The van der Waals surface area contributed by atoms with Gasteiger partial charge in [0, 0.05) is 0 Å². The van der Waals surface area contributed by atoms with Gasteiger partial charge in [0.05, 0.1) is 0 Å². The second-order valence-electron chi connectivity index (χ2n) is 6.98. The van der Waals surface area contributed by atoms with Gasteiger partial charge in [-0.25, -0.2) is 0 Å². The van der Waals surface area contributed by atoms with Gasteiger partial charge >= 0.3 is 0 Å². The van der Waals surface area contributed by atoms with Crippen LogP contribution in [0.25, 0.3) is 0 Å². The van der Waals surface area contributed by atoms with Crippen molar-refractivity contribution >= 4 is 0 Å². The van der Waals surface area contributed by atoms with Crippen LogP contribution in [0.1, 0.15) is 86.0 Å². The summed E-state index contributed by atoms with van der Waals surface area (Å²) in [6.07, 6.45) is 11.7. The van der Waals surface area contributed by atoms with Crippen molar-refractivity contribution in [3.05, 3.63) is 0 Å². The Hall–Kier alpha value is 0. The van der Waals surface area contributed by atoms with E-state index in [1.165, 1.54) is 51.4 Å². The number of rotatable bonds is 6. The van der Waals surface area contributed by atoms with Crippen molar-refractivity contribution in [2.75, 3.05) is 0 Å². The molecule has 0 heterocycles. The lowest BCUT2D eigenvalue weighted by Gasteiger charge is -2.43. The minimum Gasteiger partial charge on any atom is -0.0648 e. The van der Waals surface area contributed by atoms with Crippen molar-refractivity contribution < 1.29 is 0 Å². The van der Waals surface area contributed by atoms with E-state index in [1.54, 1.807) is 0 Å². The molecule has 1 aliphatic carbocycles. The van der Waals surface area contributed by atoms with Crippen molar-refractivity contribution in [2.24, 2.45) is 23.2 Å². The van der Waals surface area contributed by atoms with Crippen molar-refractivity contribution in [2.45, 2.75) is 86.0 Å². The van der Waals surface area contributed by atoms with Crippen LogP contribution in [0.4, 0.5) is 0 Å². The topological polar surface area (TPSA) is 0 Å². The van der Waals surface area contributed by atoms with Crippen LogP contribution < -0.4 is 0 Å². The van der Waals surface area contributed by atoms with Crippen LogP contribution in [0.3, 0.4) is 0 Å². The molecule has 0 saturated heterocycles. The van der Waals surface area contributed by atoms with Gasteiger partial charge in [0.1, 0.15) is 0 Å². The first kappa shape index (κ1) is 15.1. The largest absolute Gasteiger partial charge is 0.0648 e. The van der Waals surface area contributed by atoms with E-state index in [4.69, 9.17) is 0 Å². The van der Waals surface area contributed by atoms with Crippen LogP contribution in [-0.2, 0) is 0 Å². The second kappa shape index (κ2) is 6.81. The van der Waals surface area contributed by atoms with E-state index in [-0.39, 0.29) is 0 Å². The summed E-state index contributed by atoms with van der Waals surface area (Å²) in [6, 6.07) is 0. The monoisotopic (exact) mass is 238 g/mol. The Bertz CT molecular complexity index is 206. The van der Waals surface area contributed by atoms with E-state index in [1.807, 2.05) is 0 Å². The van der Waals surface area contributed by atoms with Gasteiger partial charge in [0.25, 0.3) is 0 Å². The summed E-state index contributed by atoms with van der Waals surface area (Å²) in [5.41, 5.74) is 0.703. The Morgan fingerprint density at radius 3 is 2.41 bits per heavy atom. The van der Waals surface area contributed by atoms with Crippen molar-refractivity contribution in [3.8, 4) is 0 Å². The zero-order valence-electron chi connectivity index (χ0n) is 12.9. The Morgan fingerprint density at radius 2 is 1.88 bits per heavy atom. The normalized spacial score (nSPS) is 31.8. The summed E-state index contributed by atoms with van der Waals surface area (Å²) in [5, 5.41) is 0. The van der Waals surface area contributed by atoms with Crippen molar-refractivity contribution in [3.63, 3.8) is 0 Å². The third kappa shape index (κ3) is 4.00. The fraction of sp³-hybridized carbons (Fsp3) is 1.00. The van der Waals surface area contributed by atoms with Crippen LogP contribution >= 0.6 is 0 Å². The van der Waals surface area contributed by atoms with Crippen LogP contribution in [-0.4, -0.2) is 0 Å². The van der Waals surface area contributed by atoms with Crippen LogP contribution in [0.2, 0.25) is 0 Å². The molecule has 0 radical (unpaired) electrons. The molecule has 0 amide bonds. The first-order chi connectivity index (χ1) is 8.02. The quantitative estimate of drug-likeness (QED) is 0.528. The van der Waals surface area contributed by atoms with E-state index in [2.05, 4.69) is 34.6 Å². The molecule has 0 bridgehead atoms. The predicted molar refractivity (Wildman–Crippen MR) is 78.2 cm³/mol. The Morgan fingerprint density at radius 1 is 1.18 bits per heavy atom. The fourth-order valence-electron chi connectivity index (χ4n) is 3.66. The highest BCUT2D eigenvalue weighted by Gasteiger charge is 2.35. The molecule has 0 aromatic rings. The smallest absolute Gasteiger partial charge is 0.0274 e. The average Bonchev–Trinajstić information content (AvgIpc) is 2.31. The molecular weight excluding hydrogens is 204 g/mol. The summed E-state index contributed by atoms with van der Waals surface area (Å²) in [5.74, 6) is 2.73. The standard InChI is InChI=1S/C17H34/c1-6-17(12-8-7-11-16(17)5)13-9-10-15(4)14(2)3/h14-16H,6-13H2,1-5H3/t15-,16-,17+/m0/s1. The highest BCUT2D eigenvalue weighted by molar-refractivity contribution is 4.86. The second-order valence-corrected chi connectivity index (χ2v) is 6.98. The van der Waals surface area contributed by atoms with Gasteiger partial charge in [-0.2, -0.15) is 0 Å². The van der Waals surface area contributed by atoms with Gasteiger partial charge in [-0.05, 0) is 36.0 Å². The van der Waals surface area contributed by atoms with E-state index in [9.17, 15) is 0 Å². The maximum absolute atomic E-state index is 2.51. The molecule has 0 nitrogen and oxygen atoms in total. The fourth-order valence-corrected chi connectivity index (χ4v) is 3.66. The van der Waals surface area contributed by atoms with E-state index in [0.717, 1.165) is 17.8 Å². The molecule has 0 unspecified atom stereocenters. The first-order valence-corrected chi connectivity index (χ1v) is 8.02. The maximum atomic E-state index is 2.51. The SMILES string of the molecule is CC[C@]1(CCC[C@H](C)C(C)C)CCCC[C@@H]1C. The summed E-state index contributed by atoms with van der Waals surface area (Å²) in [4.78, 5) is 0. The lowest BCUT2D eigenvalue weighted by atomic mass is 9.63. The molecule has 1 aliphatic rings. The Kier molecular flexibility index (Phi) is 6.03. The molecule has 1 rings (SSSR count).